The molecule has 0 aromatic rings. The van der Waals surface area contributed by atoms with Crippen molar-refractivity contribution in [2.24, 2.45) is 5.92 Å². The molecule has 3 aliphatic rings. The Morgan fingerprint density at radius 3 is 2.85 bits per heavy atom. The van der Waals surface area contributed by atoms with Crippen LogP contribution in [-0.2, 0) is 14.4 Å². The summed E-state index contributed by atoms with van der Waals surface area (Å²) in [6.07, 6.45) is 4.55. The second-order valence-corrected chi connectivity index (χ2v) is 5.93. The van der Waals surface area contributed by atoms with Gasteiger partial charge in [-0.05, 0) is 19.8 Å². The monoisotopic (exact) mass is 282 g/mol. The summed E-state index contributed by atoms with van der Waals surface area (Å²) in [5.74, 6) is 0.103. The Balaban J connectivity index is 1.91. The highest BCUT2D eigenvalue weighted by Crippen LogP contribution is 2.37. The second kappa shape index (κ2) is 5.33. The van der Waals surface area contributed by atoms with Crippen LogP contribution in [0.3, 0.4) is 0 Å². The van der Waals surface area contributed by atoms with Crippen LogP contribution in [0.1, 0.15) is 39.0 Å². The highest BCUT2D eigenvalue weighted by molar-refractivity contribution is 5.88. The molecule has 0 radical (unpaired) electrons. The molecule has 1 saturated carbocycles. The van der Waals surface area contributed by atoms with Gasteiger partial charge < -0.3 is 9.57 Å². The van der Waals surface area contributed by atoms with Gasteiger partial charge in [0.05, 0.1) is 13.2 Å². The van der Waals surface area contributed by atoms with Crippen molar-refractivity contribution in [2.45, 2.75) is 44.8 Å². The van der Waals surface area contributed by atoms with Crippen LogP contribution in [0.2, 0.25) is 0 Å². The highest BCUT2D eigenvalue weighted by atomic mass is 16.9. The van der Waals surface area contributed by atoms with Crippen molar-refractivity contribution in [3.63, 3.8) is 0 Å². The van der Waals surface area contributed by atoms with Gasteiger partial charge in [-0.2, -0.15) is 0 Å². The molecule has 0 amide bonds. The molecule has 2 unspecified atom stereocenters. The van der Waals surface area contributed by atoms with Crippen molar-refractivity contribution in [1.29, 1.82) is 0 Å². The van der Waals surface area contributed by atoms with Gasteiger partial charge in [-0.1, -0.05) is 6.42 Å². The minimum Gasteiger partial charge on any atom is -0.379 e. The van der Waals surface area contributed by atoms with Crippen molar-refractivity contribution in [2.75, 3.05) is 26.3 Å². The fourth-order valence-electron chi connectivity index (χ4n) is 3.64. The molecule has 2 atom stereocenters. The molecule has 2 fully saturated rings. The number of nitrogens with zero attached hydrogens (tertiary/aromatic N) is 2. The fraction of sp³-hybridized carbons (Fsp3) is 0.857. The minimum atomic E-state index is -1.09. The zero-order valence-corrected chi connectivity index (χ0v) is 12.0. The van der Waals surface area contributed by atoms with E-state index < -0.39 is 5.72 Å². The quantitative estimate of drug-likeness (QED) is 0.709. The number of carbonyl (C=O) groups is 1. The Morgan fingerprint density at radius 2 is 2.15 bits per heavy atom. The van der Waals surface area contributed by atoms with E-state index >= 15 is 0 Å². The molecular weight excluding hydrogens is 260 g/mol. The lowest BCUT2D eigenvalue weighted by Crippen LogP contribution is -2.63. The Labute approximate surface area is 118 Å². The van der Waals surface area contributed by atoms with Crippen molar-refractivity contribution in [1.82, 2.24) is 4.90 Å². The van der Waals surface area contributed by atoms with Crippen LogP contribution in [-0.4, -0.2) is 53.3 Å². The number of rotatable bonds is 2. The summed E-state index contributed by atoms with van der Waals surface area (Å²) in [7, 11) is 0. The maximum Gasteiger partial charge on any atom is 0.225 e. The molecule has 112 valence electrons. The SMILES string of the molecule is CC(=O)C1(N2CCOCC2)CC2CCCCC2=[N+]([O-])O1. The summed E-state index contributed by atoms with van der Waals surface area (Å²) in [4.78, 5) is 20.5. The standard InChI is InChI=1S/C14H22N2O4/c1-11(17)14(15-6-8-19-9-7-15)10-12-4-2-3-5-13(12)16(18)20-14/h12H,2-10H2,1H3. The third-order valence-corrected chi connectivity index (χ3v) is 4.77. The van der Waals surface area contributed by atoms with Gasteiger partial charge in [-0.25, -0.2) is 0 Å². The van der Waals surface area contributed by atoms with E-state index in [9.17, 15) is 10.0 Å². The van der Waals surface area contributed by atoms with E-state index in [0.717, 1.165) is 31.4 Å². The Kier molecular flexibility index (Phi) is 3.69. The summed E-state index contributed by atoms with van der Waals surface area (Å²) in [6, 6.07) is 0. The Bertz CT molecular complexity index is 431. The third-order valence-electron chi connectivity index (χ3n) is 4.77. The molecule has 1 aliphatic carbocycles. The summed E-state index contributed by atoms with van der Waals surface area (Å²) in [5.41, 5.74) is -0.266. The van der Waals surface area contributed by atoms with Crippen molar-refractivity contribution in [3.8, 4) is 0 Å². The normalized spacial score (nSPS) is 35.4. The number of ether oxygens (including phenoxy) is 1. The summed E-state index contributed by atoms with van der Waals surface area (Å²) in [5, 5.41) is 12.2. The first kappa shape index (κ1) is 13.8. The van der Waals surface area contributed by atoms with Gasteiger partial charge in [-0.3, -0.25) is 14.9 Å². The van der Waals surface area contributed by atoms with Crippen LogP contribution >= 0.6 is 0 Å². The number of Topliss-reactive ketones (excluding diaryl/α,β-unsaturated/α-hetero) is 1. The zero-order valence-electron chi connectivity index (χ0n) is 12.0. The van der Waals surface area contributed by atoms with Gasteiger partial charge in [0, 0.05) is 36.8 Å². The van der Waals surface area contributed by atoms with Gasteiger partial charge in [0.25, 0.3) is 0 Å². The number of morpholine rings is 1. The lowest BCUT2D eigenvalue weighted by atomic mass is 9.79. The van der Waals surface area contributed by atoms with Crippen LogP contribution in [0.15, 0.2) is 0 Å². The van der Waals surface area contributed by atoms with Gasteiger partial charge in [0.2, 0.25) is 5.71 Å². The largest absolute Gasteiger partial charge is 0.379 e. The first-order valence-corrected chi connectivity index (χ1v) is 7.49. The van der Waals surface area contributed by atoms with Gasteiger partial charge >= 0.3 is 0 Å². The first-order valence-electron chi connectivity index (χ1n) is 7.49. The average molecular weight is 282 g/mol. The lowest BCUT2D eigenvalue weighted by Gasteiger charge is -2.48. The van der Waals surface area contributed by atoms with Gasteiger partial charge in [-0.15, -0.1) is 0 Å². The number of fused-ring (bicyclic) bond motifs is 1. The molecule has 1 saturated heterocycles. The maximum atomic E-state index is 12.3. The second-order valence-electron chi connectivity index (χ2n) is 5.93. The molecule has 20 heavy (non-hydrogen) atoms. The molecular formula is C14H22N2O4. The van der Waals surface area contributed by atoms with Crippen LogP contribution in [0.25, 0.3) is 0 Å². The molecule has 6 heteroatoms. The van der Waals surface area contributed by atoms with Crippen LogP contribution in [0.5, 0.6) is 0 Å². The van der Waals surface area contributed by atoms with Gasteiger partial charge in [0.15, 0.2) is 11.5 Å². The van der Waals surface area contributed by atoms with E-state index in [-0.39, 0.29) is 11.7 Å². The van der Waals surface area contributed by atoms with Crippen molar-refractivity contribution < 1.29 is 19.3 Å². The van der Waals surface area contributed by atoms with E-state index in [1.807, 2.05) is 4.90 Å². The van der Waals surface area contributed by atoms with Crippen LogP contribution in [0, 0.1) is 11.1 Å². The number of hydrogen-bond acceptors (Lipinski definition) is 5. The number of ketones is 1. The first-order chi connectivity index (χ1) is 9.63. The summed E-state index contributed by atoms with van der Waals surface area (Å²) < 4.78 is 5.34. The van der Waals surface area contributed by atoms with Crippen LogP contribution in [0.4, 0.5) is 0 Å². The van der Waals surface area contributed by atoms with E-state index in [4.69, 9.17) is 9.57 Å². The highest BCUT2D eigenvalue weighted by Gasteiger charge is 2.50. The predicted molar refractivity (Wildman–Crippen MR) is 72.1 cm³/mol. The Morgan fingerprint density at radius 1 is 1.40 bits per heavy atom. The molecule has 2 heterocycles. The third kappa shape index (κ3) is 2.20. The molecule has 0 bridgehead atoms. The summed E-state index contributed by atoms with van der Waals surface area (Å²) >= 11 is 0. The minimum absolute atomic E-state index is 0.0788. The van der Waals surface area contributed by atoms with Crippen molar-refractivity contribution >= 4 is 11.5 Å². The van der Waals surface area contributed by atoms with Gasteiger partial charge in [0.1, 0.15) is 0 Å². The zero-order chi connectivity index (χ0) is 14.2. The van der Waals surface area contributed by atoms with E-state index in [1.165, 1.54) is 6.92 Å². The summed E-state index contributed by atoms with van der Waals surface area (Å²) in [6.45, 7) is 3.96. The maximum absolute atomic E-state index is 12.3. The molecule has 0 aromatic heterocycles. The predicted octanol–water partition coefficient (Wildman–Crippen LogP) is 1.08. The van der Waals surface area contributed by atoms with E-state index in [0.29, 0.717) is 37.6 Å². The molecule has 6 nitrogen and oxygen atoms in total. The average Bonchev–Trinajstić information content (AvgIpc) is 2.48. The molecule has 0 N–H and O–H groups in total. The molecule has 3 rings (SSSR count). The number of hydrogen-bond donors (Lipinski definition) is 0. The molecule has 0 aromatic carbocycles. The van der Waals surface area contributed by atoms with Crippen LogP contribution < -0.4 is 0 Å². The molecule has 0 spiro atoms. The topological polar surface area (TPSA) is 64.8 Å². The smallest absolute Gasteiger partial charge is 0.225 e. The lowest BCUT2D eigenvalue weighted by molar-refractivity contribution is -0.777. The Hall–Kier alpha value is -1.14. The fourth-order valence-corrected chi connectivity index (χ4v) is 3.64. The van der Waals surface area contributed by atoms with Crippen molar-refractivity contribution in [3.05, 3.63) is 5.21 Å². The molecule has 2 aliphatic heterocycles. The number of carbonyl (C=O) groups excluding carboxylic acids is 1. The van der Waals surface area contributed by atoms with E-state index in [2.05, 4.69) is 0 Å². The van der Waals surface area contributed by atoms with E-state index in [1.54, 1.807) is 0 Å².